The summed E-state index contributed by atoms with van der Waals surface area (Å²) < 4.78 is 11.4. The summed E-state index contributed by atoms with van der Waals surface area (Å²) in [7, 11) is 1.49. The van der Waals surface area contributed by atoms with Crippen molar-refractivity contribution < 1.29 is 28.7 Å². The predicted molar refractivity (Wildman–Crippen MR) is 110 cm³/mol. The van der Waals surface area contributed by atoms with E-state index in [0.717, 1.165) is 6.29 Å². The van der Waals surface area contributed by atoms with E-state index in [-0.39, 0.29) is 31.2 Å². The van der Waals surface area contributed by atoms with Crippen molar-refractivity contribution in [3.05, 3.63) is 29.3 Å². The lowest BCUT2D eigenvalue weighted by atomic mass is 10.1. The number of hydrogen-bond donors (Lipinski definition) is 1. The lowest BCUT2D eigenvalue weighted by Crippen LogP contribution is -2.46. The molecule has 30 heavy (non-hydrogen) atoms. The summed E-state index contributed by atoms with van der Waals surface area (Å²) in [4.78, 5) is 50.1. The Balaban J connectivity index is 2.31. The fourth-order valence-corrected chi connectivity index (χ4v) is 3.21. The maximum absolute atomic E-state index is 13.0. The van der Waals surface area contributed by atoms with Crippen LogP contribution in [0.1, 0.15) is 63.4 Å². The minimum Gasteiger partial charge on any atom is -0.476 e. The third-order valence-electron chi connectivity index (χ3n) is 4.69. The van der Waals surface area contributed by atoms with E-state index in [1.54, 1.807) is 52.8 Å². The maximum Gasteiger partial charge on any atom is 0.350 e. The first kappa shape index (κ1) is 23.4. The average molecular weight is 418 g/mol. The van der Waals surface area contributed by atoms with Crippen LogP contribution in [0.15, 0.2) is 18.2 Å². The molecule has 0 aliphatic carbocycles. The quantitative estimate of drug-likeness (QED) is 0.513. The number of hydrogen-bond acceptors (Lipinski definition) is 6. The number of likely N-dealkylation sites (N-methyl/N-ethyl adjacent to an activating group) is 1. The molecule has 2 rings (SSSR count). The van der Waals surface area contributed by atoms with E-state index in [2.05, 4.69) is 5.32 Å². The van der Waals surface area contributed by atoms with Crippen LogP contribution < -0.4 is 10.1 Å². The van der Waals surface area contributed by atoms with Crippen LogP contribution in [-0.2, 0) is 25.7 Å². The number of esters is 1. The van der Waals surface area contributed by atoms with E-state index in [1.807, 2.05) is 0 Å². The molecule has 1 aliphatic rings. The van der Waals surface area contributed by atoms with Crippen molar-refractivity contribution in [3.63, 3.8) is 0 Å². The summed E-state index contributed by atoms with van der Waals surface area (Å²) in [5, 5.41) is 2.55. The van der Waals surface area contributed by atoms with Gasteiger partial charge in [-0.15, -0.1) is 0 Å². The number of nitrogens with one attached hydrogen (secondary N) is 1. The molecule has 164 valence electrons. The maximum atomic E-state index is 13.0. The molecule has 1 unspecified atom stereocenters. The van der Waals surface area contributed by atoms with Crippen LogP contribution in [0.5, 0.6) is 5.75 Å². The first-order valence-electron chi connectivity index (χ1n) is 9.92. The fraction of sp³-hybridized carbons (Fsp3) is 0.545. The molecule has 8 heteroatoms. The van der Waals surface area contributed by atoms with Crippen LogP contribution in [-0.4, -0.2) is 53.3 Å². The molecule has 0 spiro atoms. The van der Waals surface area contributed by atoms with E-state index < -0.39 is 23.2 Å². The highest BCUT2D eigenvalue weighted by Gasteiger charge is 2.40. The Morgan fingerprint density at radius 3 is 2.47 bits per heavy atom. The topological polar surface area (TPSA) is 102 Å². The van der Waals surface area contributed by atoms with Crippen LogP contribution in [0.3, 0.4) is 0 Å². The van der Waals surface area contributed by atoms with Gasteiger partial charge in [0.25, 0.3) is 5.91 Å². The van der Waals surface area contributed by atoms with Gasteiger partial charge in [-0.05, 0) is 53.2 Å². The molecule has 0 bridgehead atoms. The van der Waals surface area contributed by atoms with Crippen molar-refractivity contribution in [2.24, 2.45) is 0 Å². The van der Waals surface area contributed by atoms with E-state index >= 15 is 0 Å². The predicted octanol–water partition coefficient (Wildman–Crippen LogP) is 2.24. The van der Waals surface area contributed by atoms with Gasteiger partial charge in [-0.2, -0.15) is 0 Å². The van der Waals surface area contributed by atoms with Gasteiger partial charge in [-0.3, -0.25) is 9.59 Å². The van der Waals surface area contributed by atoms with Crippen molar-refractivity contribution in [1.82, 2.24) is 10.2 Å². The largest absolute Gasteiger partial charge is 0.476 e. The van der Waals surface area contributed by atoms with E-state index in [1.165, 1.54) is 11.9 Å². The monoisotopic (exact) mass is 418 g/mol. The first-order chi connectivity index (χ1) is 13.9. The summed E-state index contributed by atoms with van der Waals surface area (Å²) in [5.74, 6) is -0.798. The second kappa shape index (κ2) is 8.85. The summed E-state index contributed by atoms with van der Waals surface area (Å²) in [6.07, 6.45) is 1.11. The molecule has 0 saturated carbocycles. The molecule has 0 aromatic heterocycles. The molecule has 8 nitrogen and oxygen atoms in total. The average Bonchev–Trinajstić information content (AvgIpc) is 2.98. The minimum atomic E-state index is -1.28. The molecule has 1 N–H and O–H groups in total. The zero-order valence-electron chi connectivity index (χ0n) is 18.4. The molecule has 2 amide bonds. The van der Waals surface area contributed by atoms with Crippen molar-refractivity contribution >= 4 is 24.1 Å². The summed E-state index contributed by atoms with van der Waals surface area (Å²) in [6.45, 7) is 8.67. The van der Waals surface area contributed by atoms with Gasteiger partial charge in [0.2, 0.25) is 5.91 Å². The Bertz CT molecular complexity index is 841. The van der Waals surface area contributed by atoms with Crippen LogP contribution in [0.4, 0.5) is 0 Å². The summed E-state index contributed by atoms with van der Waals surface area (Å²) >= 11 is 0. The fourth-order valence-electron chi connectivity index (χ4n) is 3.21. The molecule has 1 heterocycles. The third kappa shape index (κ3) is 5.17. The van der Waals surface area contributed by atoms with Crippen molar-refractivity contribution in [1.29, 1.82) is 0 Å². The van der Waals surface area contributed by atoms with Gasteiger partial charge in [-0.1, -0.05) is 6.07 Å². The SMILES string of the molecule is CNC(=O)C(CCC=O)N1Cc2c(OC(C)(C)C(=O)OC(C)(C)C)cccc2C1=O. The zero-order valence-corrected chi connectivity index (χ0v) is 18.4. The lowest BCUT2D eigenvalue weighted by molar-refractivity contribution is -0.171. The smallest absolute Gasteiger partial charge is 0.350 e. The molecular weight excluding hydrogens is 388 g/mol. The Hall–Kier alpha value is -2.90. The number of ether oxygens (including phenoxy) is 2. The Kier molecular flexibility index (Phi) is 6.90. The highest BCUT2D eigenvalue weighted by atomic mass is 16.6. The van der Waals surface area contributed by atoms with Gasteiger partial charge < -0.3 is 24.5 Å². The summed E-state index contributed by atoms with van der Waals surface area (Å²) in [6, 6.07) is 4.24. The summed E-state index contributed by atoms with van der Waals surface area (Å²) in [5.41, 5.74) is -0.939. The van der Waals surface area contributed by atoms with Crippen molar-refractivity contribution in [2.75, 3.05) is 7.05 Å². The third-order valence-corrected chi connectivity index (χ3v) is 4.69. The van der Waals surface area contributed by atoms with E-state index in [9.17, 15) is 19.2 Å². The first-order valence-corrected chi connectivity index (χ1v) is 9.92. The number of amides is 2. The van der Waals surface area contributed by atoms with Crippen LogP contribution in [0.2, 0.25) is 0 Å². The second-order valence-corrected chi connectivity index (χ2v) is 8.70. The molecule has 1 aromatic rings. The molecule has 0 fully saturated rings. The molecule has 0 radical (unpaired) electrons. The number of fused-ring (bicyclic) bond motifs is 1. The van der Waals surface area contributed by atoms with Gasteiger partial charge in [0.15, 0.2) is 5.60 Å². The molecule has 1 atom stereocenters. The highest BCUT2D eigenvalue weighted by molar-refractivity contribution is 6.01. The van der Waals surface area contributed by atoms with Crippen molar-refractivity contribution in [3.8, 4) is 5.75 Å². The highest BCUT2D eigenvalue weighted by Crippen LogP contribution is 2.35. The van der Waals surface area contributed by atoms with E-state index in [0.29, 0.717) is 16.9 Å². The number of carbonyl (C=O) groups excluding carboxylic acids is 4. The Labute approximate surface area is 176 Å². The van der Waals surface area contributed by atoms with Crippen LogP contribution in [0, 0.1) is 0 Å². The Morgan fingerprint density at radius 2 is 1.90 bits per heavy atom. The molecular formula is C22H30N2O6. The van der Waals surface area contributed by atoms with Crippen molar-refractivity contribution in [2.45, 2.75) is 71.2 Å². The van der Waals surface area contributed by atoms with Gasteiger partial charge in [0.1, 0.15) is 23.7 Å². The zero-order chi connectivity index (χ0) is 22.7. The van der Waals surface area contributed by atoms with E-state index in [4.69, 9.17) is 9.47 Å². The minimum absolute atomic E-state index is 0.145. The van der Waals surface area contributed by atoms with Gasteiger partial charge in [0, 0.05) is 24.6 Å². The second-order valence-electron chi connectivity index (χ2n) is 8.70. The number of nitrogens with zero attached hydrogens (tertiary/aromatic N) is 1. The number of aldehydes is 1. The number of rotatable bonds is 8. The van der Waals surface area contributed by atoms with Crippen LogP contribution >= 0.6 is 0 Å². The number of carbonyl (C=O) groups is 4. The lowest BCUT2D eigenvalue weighted by Gasteiger charge is -2.30. The standard InChI is InChI=1S/C22H30N2O6/c1-21(2,3)30-20(28)22(4,5)29-17-11-7-9-14-15(17)13-24(19(14)27)16(10-8-12-25)18(26)23-6/h7,9,11-12,16H,8,10,13H2,1-6H3,(H,23,26). The number of benzene rings is 1. The normalized spacial score (nSPS) is 14.7. The van der Waals surface area contributed by atoms with Gasteiger partial charge in [0.05, 0.1) is 6.54 Å². The molecule has 1 aromatic carbocycles. The molecule has 1 aliphatic heterocycles. The van der Waals surface area contributed by atoms with Gasteiger partial charge >= 0.3 is 5.97 Å². The molecule has 0 saturated heterocycles. The van der Waals surface area contributed by atoms with Gasteiger partial charge in [-0.25, -0.2) is 4.79 Å². The Morgan fingerprint density at radius 1 is 1.23 bits per heavy atom. The van der Waals surface area contributed by atoms with Crippen LogP contribution in [0.25, 0.3) is 0 Å².